The number of para-hydroxylation sites is 1. The molecule has 0 saturated heterocycles. The quantitative estimate of drug-likeness (QED) is 0.634. The number of aryl methyl sites for hydroxylation is 3. The number of carbonyl (C=O) groups is 2. The van der Waals surface area contributed by atoms with E-state index < -0.39 is 18.1 Å². The molecule has 0 spiro atoms. The lowest BCUT2D eigenvalue weighted by Crippen LogP contribution is -2.31. The Morgan fingerprint density at radius 3 is 2.71 bits per heavy atom. The van der Waals surface area contributed by atoms with Gasteiger partial charge < -0.3 is 10.1 Å². The number of hydrogen-bond donors (Lipinski definition) is 2. The van der Waals surface area contributed by atoms with Crippen LogP contribution in [0.1, 0.15) is 17.5 Å². The van der Waals surface area contributed by atoms with Crippen LogP contribution in [-0.2, 0) is 22.5 Å². The zero-order valence-electron chi connectivity index (χ0n) is 15.6. The van der Waals surface area contributed by atoms with E-state index in [9.17, 15) is 9.59 Å². The Morgan fingerprint density at radius 1 is 1.21 bits per heavy atom. The van der Waals surface area contributed by atoms with Crippen molar-refractivity contribution in [2.45, 2.75) is 32.9 Å². The minimum atomic E-state index is -0.952. The average molecular weight is 399 g/mol. The minimum Gasteiger partial charge on any atom is -0.436 e. The van der Waals surface area contributed by atoms with Gasteiger partial charge in [-0.05, 0) is 26.0 Å². The van der Waals surface area contributed by atoms with Crippen molar-refractivity contribution in [3.8, 4) is 0 Å². The first-order chi connectivity index (χ1) is 13.5. The number of thiazole rings is 1. The zero-order valence-corrected chi connectivity index (χ0v) is 16.4. The number of carbonyl (C=O) groups excluding carboxylic acids is 2. The Labute approximate surface area is 166 Å². The summed E-state index contributed by atoms with van der Waals surface area (Å²) >= 11 is 1.62. The van der Waals surface area contributed by atoms with Gasteiger partial charge in [0, 0.05) is 29.7 Å². The smallest absolute Gasteiger partial charge is 0.412 e. The number of aromatic nitrogens is 3. The standard InChI is InChI=1S/C19H21N5O3S/c1-13-17(28-12-20-13)8-9-24-11-16(10-21-24)22-18(25)14(2)27-19(26)23-15-6-4-3-5-7-15/h3-7,10-12,14H,8-9H2,1-2H3,(H,22,25)(H,23,26). The molecule has 2 N–H and O–H groups in total. The third kappa shape index (κ3) is 5.40. The fraction of sp³-hybridized carbons (Fsp3) is 0.263. The van der Waals surface area contributed by atoms with Gasteiger partial charge in [0.15, 0.2) is 6.10 Å². The first kappa shape index (κ1) is 19.6. The number of ether oxygens (including phenoxy) is 1. The molecule has 2 heterocycles. The SMILES string of the molecule is Cc1ncsc1CCn1cc(NC(=O)C(C)OC(=O)Nc2ccccc2)cn1. The van der Waals surface area contributed by atoms with Gasteiger partial charge in [-0.15, -0.1) is 11.3 Å². The van der Waals surface area contributed by atoms with Crippen molar-refractivity contribution in [1.82, 2.24) is 14.8 Å². The van der Waals surface area contributed by atoms with E-state index in [2.05, 4.69) is 20.7 Å². The second kappa shape index (κ2) is 9.14. The topological polar surface area (TPSA) is 98.1 Å². The van der Waals surface area contributed by atoms with Crippen molar-refractivity contribution in [2.24, 2.45) is 0 Å². The lowest BCUT2D eigenvalue weighted by atomic mass is 10.3. The van der Waals surface area contributed by atoms with Gasteiger partial charge in [-0.25, -0.2) is 9.78 Å². The van der Waals surface area contributed by atoms with Crippen molar-refractivity contribution in [1.29, 1.82) is 0 Å². The van der Waals surface area contributed by atoms with Crippen LogP contribution in [0.4, 0.5) is 16.2 Å². The molecule has 2 amide bonds. The summed E-state index contributed by atoms with van der Waals surface area (Å²) in [6, 6.07) is 8.88. The van der Waals surface area contributed by atoms with Crippen molar-refractivity contribution >= 4 is 34.7 Å². The van der Waals surface area contributed by atoms with Gasteiger partial charge in [0.1, 0.15) is 0 Å². The zero-order chi connectivity index (χ0) is 19.9. The summed E-state index contributed by atoms with van der Waals surface area (Å²) in [4.78, 5) is 29.6. The highest BCUT2D eigenvalue weighted by atomic mass is 32.1. The maximum Gasteiger partial charge on any atom is 0.412 e. The van der Waals surface area contributed by atoms with Gasteiger partial charge >= 0.3 is 6.09 Å². The normalized spacial score (nSPS) is 11.6. The number of amides is 2. The average Bonchev–Trinajstić information content (AvgIpc) is 3.29. The second-order valence-electron chi connectivity index (χ2n) is 6.13. The molecule has 28 heavy (non-hydrogen) atoms. The van der Waals surface area contributed by atoms with Crippen molar-refractivity contribution in [3.05, 3.63) is 58.8 Å². The highest BCUT2D eigenvalue weighted by molar-refractivity contribution is 7.09. The molecule has 9 heteroatoms. The number of nitrogens with one attached hydrogen (secondary N) is 2. The highest BCUT2D eigenvalue weighted by Crippen LogP contribution is 2.14. The molecule has 2 aromatic heterocycles. The van der Waals surface area contributed by atoms with Crippen LogP contribution >= 0.6 is 11.3 Å². The third-order valence-corrected chi connectivity index (χ3v) is 4.98. The number of hydrogen-bond acceptors (Lipinski definition) is 6. The Balaban J connectivity index is 1.46. The fourth-order valence-electron chi connectivity index (χ4n) is 2.46. The predicted octanol–water partition coefficient (Wildman–Crippen LogP) is 3.47. The molecular weight excluding hydrogens is 378 g/mol. The van der Waals surface area contributed by atoms with Crippen LogP contribution in [0.5, 0.6) is 0 Å². The summed E-state index contributed by atoms with van der Waals surface area (Å²) in [5, 5.41) is 9.51. The maximum atomic E-state index is 12.2. The molecule has 0 radical (unpaired) electrons. The lowest BCUT2D eigenvalue weighted by molar-refractivity contribution is -0.123. The molecule has 8 nitrogen and oxygen atoms in total. The van der Waals surface area contributed by atoms with Crippen LogP contribution in [0.15, 0.2) is 48.2 Å². The van der Waals surface area contributed by atoms with Crippen LogP contribution in [0.25, 0.3) is 0 Å². The Morgan fingerprint density at radius 2 is 2.00 bits per heavy atom. The number of anilines is 2. The monoisotopic (exact) mass is 399 g/mol. The molecule has 0 aliphatic carbocycles. The summed E-state index contributed by atoms with van der Waals surface area (Å²) in [7, 11) is 0. The van der Waals surface area contributed by atoms with Crippen LogP contribution in [0, 0.1) is 6.92 Å². The van der Waals surface area contributed by atoms with Crippen LogP contribution in [0.2, 0.25) is 0 Å². The van der Waals surface area contributed by atoms with Gasteiger partial charge in [-0.2, -0.15) is 5.10 Å². The molecule has 1 unspecified atom stereocenters. The number of benzene rings is 1. The Bertz CT molecular complexity index is 938. The van der Waals surface area contributed by atoms with Crippen LogP contribution in [0.3, 0.4) is 0 Å². The maximum absolute atomic E-state index is 12.2. The Hall–Kier alpha value is -3.20. The van der Waals surface area contributed by atoms with E-state index in [1.807, 2.05) is 18.5 Å². The first-order valence-electron chi connectivity index (χ1n) is 8.76. The summed E-state index contributed by atoms with van der Waals surface area (Å²) in [6.45, 7) is 4.18. The van der Waals surface area contributed by atoms with Crippen molar-refractivity contribution < 1.29 is 14.3 Å². The van der Waals surface area contributed by atoms with E-state index in [0.29, 0.717) is 17.9 Å². The van der Waals surface area contributed by atoms with E-state index in [1.165, 1.54) is 11.8 Å². The summed E-state index contributed by atoms with van der Waals surface area (Å²) < 4.78 is 6.86. The van der Waals surface area contributed by atoms with E-state index >= 15 is 0 Å². The third-order valence-electron chi connectivity index (χ3n) is 3.99. The molecule has 0 fully saturated rings. The molecule has 3 aromatic rings. The van der Waals surface area contributed by atoms with Gasteiger partial charge in [0.2, 0.25) is 0 Å². The number of rotatable bonds is 7. The molecule has 3 rings (SSSR count). The van der Waals surface area contributed by atoms with Crippen LogP contribution < -0.4 is 10.6 Å². The van der Waals surface area contributed by atoms with E-state index in [4.69, 9.17) is 4.74 Å². The number of nitrogens with zero attached hydrogens (tertiary/aromatic N) is 3. The molecule has 0 aliphatic rings. The van der Waals surface area contributed by atoms with Crippen LogP contribution in [-0.4, -0.2) is 32.9 Å². The highest BCUT2D eigenvalue weighted by Gasteiger charge is 2.18. The van der Waals surface area contributed by atoms with Crippen molar-refractivity contribution in [2.75, 3.05) is 10.6 Å². The summed E-state index contributed by atoms with van der Waals surface area (Å²) in [5.74, 6) is -0.430. The molecule has 146 valence electrons. The second-order valence-corrected chi connectivity index (χ2v) is 7.07. The first-order valence-corrected chi connectivity index (χ1v) is 9.64. The largest absolute Gasteiger partial charge is 0.436 e. The van der Waals surface area contributed by atoms with E-state index in [-0.39, 0.29) is 0 Å². The van der Waals surface area contributed by atoms with E-state index in [0.717, 1.165) is 12.1 Å². The molecule has 1 atom stereocenters. The van der Waals surface area contributed by atoms with E-state index in [1.54, 1.807) is 52.7 Å². The summed E-state index contributed by atoms with van der Waals surface area (Å²) in [6.07, 6.45) is 2.49. The molecule has 0 aliphatic heterocycles. The minimum absolute atomic E-state index is 0.430. The van der Waals surface area contributed by atoms with Gasteiger partial charge in [-0.1, -0.05) is 18.2 Å². The fourth-order valence-corrected chi connectivity index (χ4v) is 3.23. The predicted molar refractivity (Wildman–Crippen MR) is 107 cm³/mol. The Kier molecular flexibility index (Phi) is 6.38. The molecule has 0 bridgehead atoms. The molecular formula is C19H21N5O3S. The molecule has 1 aromatic carbocycles. The lowest BCUT2D eigenvalue weighted by Gasteiger charge is -2.13. The summed E-state index contributed by atoms with van der Waals surface area (Å²) in [5.41, 5.74) is 4.00. The van der Waals surface area contributed by atoms with Gasteiger partial charge in [0.05, 0.1) is 23.1 Å². The van der Waals surface area contributed by atoms with Gasteiger partial charge in [0.25, 0.3) is 5.91 Å². The van der Waals surface area contributed by atoms with Crippen molar-refractivity contribution in [3.63, 3.8) is 0 Å². The molecule has 0 saturated carbocycles. The van der Waals surface area contributed by atoms with Gasteiger partial charge in [-0.3, -0.25) is 14.8 Å².